The van der Waals surface area contributed by atoms with Crippen LogP contribution in [0.2, 0.25) is 0 Å². The van der Waals surface area contributed by atoms with Crippen molar-refractivity contribution in [2.75, 3.05) is 13.6 Å². The molecule has 0 aromatic heterocycles. The van der Waals surface area contributed by atoms with Crippen LogP contribution < -0.4 is 5.73 Å². The van der Waals surface area contributed by atoms with E-state index in [0.717, 1.165) is 11.0 Å². The third-order valence-corrected chi connectivity index (χ3v) is 6.32. The molecule has 2 aromatic carbocycles. The predicted molar refractivity (Wildman–Crippen MR) is 105 cm³/mol. The number of rotatable bonds is 3. The highest BCUT2D eigenvalue weighted by Gasteiger charge is 2.41. The van der Waals surface area contributed by atoms with Crippen LogP contribution in [0.1, 0.15) is 37.3 Å². The maximum atomic E-state index is 5.89. The third kappa shape index (κ3) is 3.03. The minimum Gasteiger partial charge on any atom is -0.330 e. The summed E-state index contributed by atoms with van der Waals surface area (Å²) in [6.07, 6.45) is 11.4. The molecule has 1 fully saturated rings. The molecule has 0 spiro atoms. The first-order valence-corrected chi connectivity index (χ1v) is 9.46. The molecule has 4 rings (SSSR count). The summed E-state index contributed by atoms with van der Waals surface area (Å²) >= 11 is 0. The van der Waals surface area contributed by atoms with Crippen molar-refractivity contribution in [3.05, 3.63) is 60.3 Å². The lowest BCUT2D eigenvalue weighted by atomic mass is 9.83. The highest BCUT2D eigenvalue weighted by atomic mass is 15.4. The molecule has 2 aliphatic rings. The third-order valence-electron chi connectivity index (χ3n) is 6.32. The first-order valence-electron chi connectivity index (χ1n) is 9.46. The fourth-order valence-electron chi connectivity index (χ4n) is 4.65. The molecule has 130 valence electrons. The minimum absolute atomic E-state index is 0.335. The van der Waals surface area contributed by atoms with Crippen molar-refractivity contribution in [2.24, 2.45) is 16.6 Å². The van der Waals surface area contributed by atoms with Gasteiger partial charge >= 0.3 is 0 Å². The lowest BCUT2D eigenvalue weighted by Gasteiger charge is -2.46. The van der Waals surface area contributed by atoms with Crippen LogP contribution in [0.3, 0.4) is 0 Å². The van der Waals surface area contributed by atoms with Crippen molar-refractivity contribution in [1.82, 2.24) is 0 Å². The summed E-state index contributed by atoms with van der Waals surface area (Å²) in [6, 6.07) is 16.5. The topological polar surface area (TPSA) is 38.4 Å². The van der Waals surface area contributed by atoms with Crippen LogP contribution in [0, 0.1) is 5.92 Å². The summed E-state index contributed by atoms with van der Waals surface area (Å²) in [6.45, 7) is 0.832. The van der Waals surface area contributed by atoms with E-state index in [0.29, 0.717) is 18.0 Å². The van der Waals surface area contributed by atoms with E-state index < -0.39 is 0 Å². The van der Waals surface area contributed by atoms with Crippen LogP contribution in [-0.2, 0) is 0 Å². The minimum atomic E-state index is 0.335. The van der Waals surface area contributed by atoms with Crippen molar-refractivity contribution in [3.8, 4) is 0 Å². The van der Waals surface area contributed by atoms with Gasteiger partial charge in [-0.05, 0) is 48.2 Å². The maximum absolute atomic E-state index is 5.89. The molecule has 1 saturated carbocycles. The van der Waals surface area contributed by atoms with Gasteiger partial charge in [0.1, 0.15) is 6.04 Å². The molecule has 2 unspecified atom stereocenters. The van der Waals surface area contributed by atoms with Crippen molar-refractivity contribution in [1.29, 1.82) is 0 Å². The Labute approximate surface area is 150 Å². The van der Waals surface area contributed by atoms with Gasteiger partial charge in [-0.25, -0.2) is 4.99 Å². The van der Waals surface area contributed by atoms with E-state index in [1.165, 1.54) is 42.0 Å². The van der Waals surface area contributed by atoms with Crippen LogP contribution in [0.15, 0.2) is 59.7 Å². The fourth-order valence-corrected chi connectivity index (χ4v) is 4.65. The van der Waals surface area contributed by atoms with Gasteiger partial charge in [0.05, 0.1) is 13.1 Å². The summed E-state index contributed by atoms with van der Waals surface area (Å²) in [7, 11) is 2.35. The lowest BCUT2D eigenvalue weighted by molar-refractivity contribution is -0.868. The van der Waals surface area contributed by atoms with Gasteiger partial charge in [0.25, 0.3) is 0 Å². The Morgan fingerprint density at radius 2 is 1.80 bits per heavy atom. The predicted octanol–water partition coefficient (Wildman–Crippen LogP) is 4.40. The SMILES string of the molecule is C[N+]1(C2CCC(CN)CC2)C=NC=CC1c1ccc2ccccc2c1. The quantitative estimate of drug-likeness (QED) is 0.830. The van der Waals surface area contributed by atoms with Crippen molar-refractivity contribution in [3.63, 3.8) is 0 Å². The van der Waals surface area contributed by atoms with E-state index in [9.17, 15) is 0 Å². The van der Waals surface area contributed by atoms with Gasteiger partial charge in [-0.2, -0.15) is 0 Å². The molecular weight excluding hydrogens is 306 g/mol. The van der Waals surface area contributed by atoms with E-state index in [4.69, 9.17) is 5.73 Å². The Balaban J connectivity index is 1.66. The first kappa shape index (κ1) is 16.5. The van der Waals surface area contributed by atoms with Crippen molar-refractivity contribution in [2.45, 2.75) is 37.8 Å². The molecular formula is C22H28N3+. The summed E-state index contributed by atoms with van der Waals surface area (Å²) in [4.78, 5) is 4.52. The van der Waals surface area contributed by atoms with Crippen LogP contribution in [0.4, 0.5) is 0 Å². The number of fused-ring (bicyclic) bond motifs is 1. The molecule has 0 bridgehead atoms. The Morgan fingerprint density at radius 3 is 2.56 bits per heavy atom. The number of hydrogen-bond donors (Lipinski definition) is 1. The van der Waals surface area contributed by atoms with Gasteiger partial charge in [0.2, 0.25) is 0 Å². The van der Waals surface area contributed by atoms with E-state index in [-0.39, 0.29) is 0 Å². The Bertz CT molecular complexity index is 802. The molecule has 1 aliphatic carbocycles. The number of benzene rings is 2. The Morgan fingerprint density at radius 1 is 1.04 bits per heavy atom. The van der Waals surface area contributed by atoms with Gasteiger partial charge in [-0.3, -0.25) is 4.48 Å². The molecule has 2 aromatic rings. The highest BCUT2D eigenvalue weighted by molar-refractivity contribution is 5.83. The van der Waals surface area contributed by atoms with Gasteiger partial charge in [-0.15, -0.1) is 0 Å². The summed E-state index contributed by atoms with van der Waals surface area (Å²) in [5.74, 6) is 0.708. The molecule has 2 atom stereocenters. The average molecular weight is 334 g/mol. The van der Waals surface area contributed by atoms with Gasteiger partial charge < -0.3 is 5.73 Å². The normalized spacial score (nSPS) is 32.2. The Hall–Kier alpha value is -1.97. The number of nitrogens with zero attached hydrogens (tertiary/aromatic N) is 2. The van der Waals surface area contributed by atoms with Gasteiger partial charge in [0, 0.05) is 24.6 Å². The summed E-state index contributed by atoms with van der Waals surface area (Å²) in [5.41, 5.74) is 7.27. The van der Waals surface area contributed by atoms with E-state index in [1.54, 1.807) is 0 Å². The molecule has 0 saturated heterocycles. The van der Waals surface area contributed by atoms with Crippen molar-refractivity contribution < 1.29 is 4.48 Å². The Kier molecular flexibility index (Phi) is 4.45. The standard InChI is InChI=1S/C22H28N3/c1-25(21-10-6-17(15-23)7-11-21)16-24-13-12-22(25)20-9-8-18-4-2-3-5-19(18)14-20/h2-5,8-9,12-14,16-17,21-22H,6-7,10-11,15,23H2,1H3/q+1. The van der Waals surface area contributed by atoms with Gasteiger partial charge in [-0.1, -0.05) is 36.4 Å². The van der Waals surface area contributed by atoms with Crippen LogP contribution in [-0.4, -0.2) is 30.5 Å². The fraction of sp³-hybridized carbons (Fsp3) is 0.409. The zero-order valence-corrected chi connectivity index (χ0v) is 15.0. The number of likely N-dealkylation sites (N-methyl/N-ethyl adjacent to an activating group) is 1. The van der Waals surface area contributed by atoms with Crippen LogP contribution >= 0.6 is 0 Å². The van der Waals surface area contributed by atoms with Crippen LogP contribution in [0.25, 0.3) is 10.8 Å². The largest absolute Gasteiger partial charge is 0.330 e. The zero-order chi connectivity index (χ0) is 17.3. The molecule has 2 N–H and O–H groups in total. The number of quaternary nitrogens is 1. The smallest absolute Gasteiger partial charge is 0.190 e. The second-order valence-corrected chi connectivity index (χ2v) is 7.79. The van der Waals surface area contributed by atoms with Crippen LogP contribution in [0.5, 0.6) is 0 Å². The number of aliphatic imine (C=N–C) groups is 1. The number of nitrogens with two attached hydrogens (primary N) is 1. The molecule has 3 nitrogen and oxygen atoms in total. The highest BCUT2D eigenvalue weighted by Crippen LogP contribution is 2.39. The van der Waals surface area contributed by atoms with E-state index in [1.807, 2.05) is 6.20 Å². The molecule has 3 heteroatoms. The number of hydrogen-bond acceptors (Lipinski definition) is 2. The maximum Gasteiger partial charge on any atom is 0.190 e. The van der Waals surface area contributed by atoms with E-state index >= 15 is 0 Å². The van der Waals surface area contributed by atoms with Gasteiger partial charge in [0.15, 0.2) is 6.34 Å². The average Bonchev–Trinajstić information content (AvgIpc) is 2.68. The molecule has 1 heterocycles. The second kappa shape index (κ2) is 6.74. The zero-order valence-electron chi connectivity index (χ0n) is 15.0. The molecule has 0 radical (unpaired) electrons. The van der Waals surface area contributed by atoms with Crippen molar-refractivity contribution >= 4 is 17.1 Å². The molecule has 0 amide bonds. The monoisotopic (exact) mass is 334 g/mol. The molecule has 1 aliphatic heterocycles. The first-order chi connectivity index (χ1) is 12.2. The summed E-state index contributed by atoms with van der Waals surface area (Å²) in [5, 5.41) is 2.62. The summed E-state index contributed by atoms with van der Waals surface area (Å²) < 4.78 is 0.881. The molecule has 25 heavy (non-hydrogen) atoms. The second-order valence-electron chi connectivity index (χ2n) is 7.79. The lowest BCUT2D eigenvalue weighted by Crippen LogP contribution is -2.55. The van der Waals surface area contributed by atoms with E-state index in [2.05, 4.69) is 66.9 Å².